The van der Waals surface area contributed by atoms with Gasteiger partial charge >= 0.3 is 5.97 Å². The quantitative estimate of drug-likeness (QED) is 0.624. The van der Waals surface area contributed by atoms with Crippen LogP contribution in [0.2, 0.25) is 0 Å². The van der Waals surface area contributed by atoms with Gasteiger partial charge in [0.1, 0.15) is 5.75 Å². The van der Waals surface area contributed by atoms with Crippen LogP contribution >= 0.6 is 0 Å². The largest absolute Gasteiger partial charge is 0.508 e. The highest BCUT2D eigenvalue weighted by Gasteiger charge is 2.19. The van der Waals surface area contributed by atoms with Crippen molar-refractivity contribution in [3.8, 4) is 5.75 Å². The van der Waals surface area contributed by atoms with Crippen molar-refractivity contribution in [2.24, 2.45) is 0 Å². The molecule has 1 unspecified atom stereocenters. The number of rotatable bonds is 2. The third-order valence-corrected chi connectivity index (χ3v) is 1.78. The van der Waals surface area contributed by atoms with Crippen molar-refractivity contribution < 1.29 is 20.4 Å². The molecule has 0 radical (unpaired) electrons. The van der Waals surface area contributed by atoms with Gasteiger partial charge in [0.15, 0.2) is 0 Å². The lowest BCUT2D eigenvalue weighted by Gasteiger charge is -2.05. The molecular weight excluding hydrogens is 170 g/mol. The molecule has 0 spiro atoms. The summed E-state index contributed by atoms with van der Waals surface area (Å²) in [6.45, 7) is 0. The normalized spacial score (nSPS) is 12.2. The maximum atomic E-state index is 11.0. The summed E-state index contributed by atoms with van der Waals surface area (Å²) in [4.78, 5) is 11.0. The first kappa shape index (κ1) is 9.54. The van der Waals surface area contributed by atoms with E-state index in [-0.39, 0.29) is 11.7 Å². The number of esters is 1. The second kappa shape index (κ2) is 3.91. The molecule has 0 aliphatic heterocycles. The smallest absolute Gasteiger partial charge is 0.369 e. The molecule has 0 heterocycles. The van der Waals surface area contributed by atoms with Gasteiger partial charge in [-0.05, 0) is 24.3 Å². The number of benzene rings is 1. The molecule has 0 aliphatic carbocycles. The fourth-order valence-corrected chi connectivity index (χ4v) is 0.985. The summed E-state index contributed by atoms with van der Waals surface area (Å²) in [5.74, 6) is -0.216. The average molecular weight is 182 g/mol. The Labute approximate surface area is 75.9 Å². The Balaban J connectivity index is 2.83. The standard InChI is InChI=1S/C9H11NO3/c1-13-9(12)8(10)6-2-4-7(11)5-3-6/h2-5,8,11H,10H2,1H3/p+1. The van der Waals surface area contributed by atoms with Crippen molar-refractivity contribution in [2.45, 2.75) is 6.04 Å². The van der Waals surface area contributed by atoms with Crippen LogP contribution in [-0.4, -0.2) is 18.2 Å². The van der Waals surface area contributed by atoms with Gasteiger partial charge in [-0.1, -0.05) is 0 Å². The number of carbonyl (C=O) groups excluding carboxylic acids is 1. The molecule has 0 aliphatic rings. The van der Waals surface area contributed by atoms with E-state index in [1.54, 1.807) is 12.1 Å². The number of phenols is 1. The Hall–Kier alpha value is -1.55. The lowest BCUT2D eigenvalue weighted by Crippen LogP contribution is -2.57. The number of aromatic hydroxyl groups is 1. The minimum atomic E-state index is -0.536. The van der Waals surface area contributed by atoms with Gasteiger partial charge in [0.2, 0.25) is 6.04 Å². The summed E-state index contributed by atoms with van der Waals surface area (Å²) < 4.78 is 4.53. The topological polar surface area (TPSA) is 74.2 Å². The molecule has 4 nitrogen and oxygen atoms in total. The molecular formula is C9H12NO3+. The van der Waals surface area contributed by atoms with Crippen LogP contribution in [-0.2, 0) is 9.53 Å². The Bertz CT molecular complexity index is 294. The third-order valence-electron chi connectivity index (χ3n) is 1.78. The van der Waals surface area contributed by atoms with Crippen molar-refractivity contribution >= 4 is 5.97 Å². The number of ether oxygens (including phenoxy) is 1. The van der Waals surface area contributed by atoms with Crippen molar-refractivity contribution in [2.75, 3.05) is 7.11 Å². The van der Waals surface area contributed by atoms with E-state index < -0.39 is 6.04 Å². The summed E-state index contributed by atoms with van der Waals surface area (Å²) in [5, 5.41) is 9.00. The zero-order valence-electron chi connectivity index (χ0n) is 7.36. The van der Waals surface area contributed by atoms with Gasteiger partial charge in [-0.3, -0.25) is 0 Å². The second-order valence-corrected chi connectivity index (χ2v) is 2.67. The van der Waals surface area contributed by atoms with Crippen LogP contribution in [0.25, 0.3) is 0 Å². The summed E-state index contributed by atoms with van der Waals surface area (Å²) in [6.07, 6.45) is 0. The van der Waals surface area contributed by atoms with Crippen molar-refractivity contribution in [3.63, 3.8) is 0 Å². The first-order chi connectivity index (χ1) is 6.15. The average Bonchev–Trinajstić information content (AvgIpc) is 2.17. The molecule has 1 aromatic rings. The molecule has 4 N–H and O–H groups in total. The maximum Gasteiger partial charge on any atom is 0.369 e. The summed E-state index contributed by atoms with van der Waals surface area (Å²) >= 11 is 0. The van der Waals surface area contributed by atoms with E-state index >= 15 is 0 Å². The summed E-state index contributed by atoms with van der Waals surface area (Å²) in [5.41, 5.74) is 4.38. The highest BCUT2D eigenvalue weighted by atomic mass is 16.5. The molecule has 1 aromatic carbocycles. The Morgan fingerprint density at radius 3 is 2.46 bits per heavy atom. The van der Waals surface area contributed by atoms with E-state index in [0.29, 0.717) is 0 Å². The monoisotopic (exact) mass is 182 g/mol. The highest BCUT2D eigenvalue weighted by Crippen LogP contribution is 2.14. The van der Waals surface area contributed by atoms with Gasteiger partial charge in [-0.15, -0.1) is 0 Å². The van der Waals surface area contributed by atoms with Crippen LogP contribution in [0.4, 0.5) is 0 Å². The first-order valence-corrected chi connectivity index (χ1v) is 3.85. The number of phenolic OH excluding ortho intramolecular Hbond substituents is 1. The lowest BCUT2D eigenvalue weighted by atomic mass is 10.1. The van der Waals surface area contributed by atoms with Crippen LogP contribution in [0.1, 0.15) is 11.6 Å². The number of carbonyl (C=O) groups is 1. The Morgan fingerprint density at radius 1 is 1.46 bits per heavy atom. The maximum absolute atomic E-state index is 11.0. The van der Waals surface area contributed by atoms with Gasteiger partial charge < -0.3 is 15.6 Å². The second-order valence-electron chi connectivity index (χ2n) is 2.67. The molecule has 0 amide bonds. The zero-order valence-corrected chi connectivity index (χ0v) is 7.36. The SMILES string of the molecule is COC(=O)C([NH3+])c1ccc(O)cc1. The molecule has 0 aromatic heterocycles. The van der Waals surface area contributed by atoms with Crippen LogP contribution < -0.4 is 5.73 Å². The number of hydrogen-bond donors (Lipinski definition) is 2. The molecule has 70 valence electrons. The van der Waals surface area contributed by atoms with E-state index in [2.05, 4.69) is 10.5 Å². The molecule has 0 saturated carbocycles. The first-order valence-electron chi connectivity index (χ1n) is 3.85. The lowest BCUT2D eigenvalue weighted by molar-refractivity contribution is -0.414. The molecule has 13 heavy (non-hydrogen) atoms. The van der Waals surface area contributed by atoms with Crippen molar-refractivity contribution in [3.05, 3.63) is 29.8 Å². The molecule has 0 fully saturated rings. The van der Waals surface area contributed by atoms with E-state index in [0.717, 1.165) is 5.56 Å². The van der Waals surface area contributed by atoms with Crippen molar-refractivity contribution in [1.82, 2.24) is 0 Å². The molecule has 0 saturated heterocycles. The van der Waals surface area contributed by atoms with Gasteiger partial charge in [0.25, 0.3) is 0 Å². The predicted octanol–water partition coefficient (Wildman–Crippen LogP) is -0.152. The molecule has 1 rings (SSSR count). The molecule has 1 atom stereocenters. The van der Waals surface area contributed by atoms with Crippen LogP contribution in [0, 0.1) is 0 Å². The van der Waals surface area contributed by atoms with E-state index in [9.17, 15) is 4.79 Å². The Morgan fingerprint density at radius 2 is 2.00 bits per heavy atom. The van der Waals surface area contributed by atoms with E-state index in [1.165, 1.54) is 19.2 Å². The van der Waals surface area contributed by atoms with E-state index in [4.69, 9.17) is 5.11 Å². The van der Waals surface area contributed by atoms with Crippen LogP contribution in [0.5, 0.6) is 5.75 Å². The van der Waals surface area contributed by atoms with Crippen LogP contribution in [0.15, 0.2) is 24.3 Å². The Kier molecular flexibility index (Phi) is 2.87. The van der Waals surface area contributed by atoms with Gasteiger partial charge in [0, 0.05) is 5.56 Å². The summed E-state index contributed by atoms with van der Waals surface area (Å²) in [6, 6.07) is 5.77. The minimum absolute atomic E-state index is 0.167. The minimum Gasteiger partial charge on any atom is -0.508 e. The zero-order chi connectivity index (χ0) is 9.84. The van der Waals surface area contributed by atoms with Gasteiger partial charge in [0.05, 0.1) is 7.11 Å². The van der Waals surface area contributed by atoms with Gasteiger partial charge in [-0.25, -0.2) is 4.79 Å². The fraction of sp³-hybridized carbons (Fsp3) is 0.222. The number of quaternary nitrogens is 1. The summed E-state index contributed by atoms with van der Waals surface area (Å²) in [7, 11) is 1.32. The molecule has 0 bridgehead atoms. The third kappa shape index (κ3) is 2.19. The predicted molar refractivity (Wildman–Crippen MR) is 45.8 cm³/mol. The fourth-order valence-electron chi connectivity index (χ4n) is 0.985. The van der Waals surface area contributed by atoms with Crippen molar-refractivity contribution in [1.29, 1.82) is 0 Å². The van der Waals surface area contributed by atoms with Crippen LogP contribution in [0.3, 0.4) is 0 Å². The molecule has 4 heteroatoms. The number of methoxy groups -OCH3 is 1. The number of hydrogen-bond acceptors (Lipinski definition) is 3. The van der Waals surface area contributed by atoms with E-state index in [1.807, 2.05) is 0 Å². The highest BCUT2D eigenvalue weighted by molar-refractivity contribution is 5.75. The van der Waals surface area contributed by atoms with Gasteiger partial charge in [-0.2, -0.15) is 0 Å².